The van der Waals surface area contributed by atoms with E-state index in [2.05, 4.69) is 39.2 Å². The van der Waals surface area contributed by atoms with Gasteiger partial charge in [0.1, 0.15) is 5.75 Å². The fraction of sp³-hybridized carbons (Fsp3) is 0.682. The van der Waals surface area contributed by atoms with Crippen LogP contribution in [0.4, 0.5) is 0 Å². The van der Waals surface area contributed by atoms with Gasteiger partial charge in [-0.25, -0.2) is 0 Å². The average Bonchev–Trinajstić information content (AvgIpc) is 3.38. The third-order valence-electron chi connectivity index (χ3n) is 6.06. The summed E-state index contributed by atoms with van der Waals surface area (Å²) in [5.74, 6) is 3.30. The van der Waals surface area contributed by atoms with Crippen molar-refractivity contribution in [1.82, 2.24) is 15.1 Å². The van der Waals surface area contributed by atoms with Gasteiger partial charge >= 0.3 is 0 Å². The summed E-state index contributed by atoms with van der Waals surface area (Å²) in [6, 6.07) is 8.43. The smallest absolute Gasteiger partial charge is 0.193 e. The van der Waals surface area contributed by atoms with E-state index in [1.165, 1.54) is 44.5 Å². The zero-order valence-corrected chi connectivity index (χ0v) is 20.0. The van der Waals surface area contributed by atoms with Crippen molar-refractivity contribution in [3.63, 3.8) is 0 Å². The lowest BCUT2D eigenvalue weighted by Crippen LogP contribution is -2.41. The van der Waals surface area contributed by atoms with Crippen LogP contribution < -0.4 is 10.1 Å². The van der Waals surface area contributed by atoms with Crippen molar-refractivity contribution >= 4 is 29.9 Å². The number of benzene rings is 1. The first-order valence-electron chi connectivity index (χ1n) is 10.5. The standard InChI is InChI=1S/C22H36N4O.HI/c1-18(20-6-8-21(27-3)9-7-20)10-12-24-22(23-2)26-15-11-19(17-26)16-25-13-4-5-14-25;/h6-9,18-19H,4-5,10-17H2,1-3H3,(H,23,24);1H. The second-order valence-electron chi connectivity index (χ2n) is 8.05. The molecule has 0 aliphatic carbocycles. The molecule has 2 unspecified atom stereocenters. The van der Waals surface area contributed by atoms with Crippen LogP contribution in [0.5, 0.6) is 5.75 Å². The Balaban J connectivity index is 0.00000280. The quantitative estimate of drug-likeness (QED) is 0.351. The number of likely N-dealkylation sites (tertiary alicyclic amines) is 2. The van der Waals surface area contributed by atoms with E-state index in [-0.39, 0.29) is 24.0 Å². The van der Waals surface area contributed by atoms with Crippen LogP contribution in [0.15, 0.2) is 29.3 Å². The molecule has 0 amide bonds. The number of methoxy groups -OCH3 is 1. The zero-order chi connectivity index (χ0) is 19.1. The van der Waals surface area contributed by atoms with Crippen LogP contribution in [0.2, 0.25) is 0 Å². The highest BCUT2D eigenvalue weighted by Gasteiger charge is 2.27. The fourth-order valence-electron chi connectivity index (χ4n) is 4.34. The van der Waals surface area contributed by atoms with E-state index in [1.807, 2.05) is 19.2 Å². The SMILES string of the molecule is CN=C(NCCC(C)c1ccc(OC)cc1)N1CCC(CN2CCCC2)C1.I. The highest BCUT2D eigenvalue weighted by atomic mass is 127. The summed E-state index contributed by atoms with van der Waals surface area (Å²) in [5, 5.41) is 3.59. The molecular weight excluding hydrogens is 463 g/mol. The predicted molar refractivity (Wildman–Crippen MR) is 128 cm³/mol. The van der Waals surface area contributed by atoms with E-state index in [4.69, 9.17) is 4.74 Å². The number of rotatable bonds is 7. The molecule has 0 aromatic heterocycles. The molecule has 2 fully saturated rings. The van der Waals surface area contributed by atoms with E-state index in [9.17, 15) is 0 Å². The van der Waals surface area contributed by atoms with Crippen molar-refractivity contribution in [3.05, 3.63) is 29.8 Å². The first kappa shape index (κ1) is 23.3. The maximum absolute atomic E-state index is 5.25. The first-order valence-corrected chi connectivity index (χ1v) is 10.5. The van der Waals surface area contributed by atoms with E-state index in [0.29, 0.717) is 5.92 Å². The van der Waals surface area contributed by atoms with Crippen molar-refractivity contribution in [2.75, 3.05) is 53.4 Å². The van der Waals surface area contributed by atoms with Crippen LogP contribution in [-0.4, -0.2) is 69.2 Å². The second kappa shape index (κ2) is 11.9. The summed E-state index contributed by atoms with van der Waals surface area (Å²) in [7, 11) is 3.62. The van der Waals surface area contributed by atoms with Gasteiger partial charge in [-0.1, -0.05) is 19.1 Å². The third-order valence-corrected chi connectivity index (χ3v) is 6.06. The molecule has 1 N–H and O–H groups in total. The average molecular weight is 500 g/mol. The molecule has 158 valence electrons. The molecule has 1 aromatic carbocycles. The largest absolute Gasteiger partial charge is 0.497 e. The summed E-state index contributed by atoms with van der Waals surface area (Å²) in [4.78, 5) is 9.61. The number of aliphatic imine (C=N–C) groups is 1. The lowest BCUT2D eigenvalue weighted by molar-refractivity contribution is 0.281. The van der Waals surface area contributed by atoms with Crippen molar-refractivity contribution in [2.45, 2.75) is 38.5 Å². The molecule has 0 saturated carbocycles. The van der Waals surface area contributed by atoms with Gasteiger partial charge in [0.05, 0.1) is 7.11 Å². The van der Waals surface area contributed by atoms with E-state index >= 15 is 0 Å². The number of nitrogens with one attached hydrogen (secondary N) is 1. The summed E-state index contributed by atoms with van der Waals surface area (Å²) >= 11 is 0. The Bertz CT molecular complexity index is 601. The number of halogens is 1. The van der Waals surface area contributed by atoms with Gasteiger partial charge in [0, 0.05) is 33.2 Å². The molecule has 2 aliphatic rings. The Kier molecular flexibility index (Phi) is 9.85. The van der Waals surface area contributed by atoms with Crippen molar-refractivity contribution in [3.8, 4) is 5.75 Å². The zero-order valence-electron chi connectivity index (χ0n) is 17.7. The summed E-state index contributed by atoms with van der Waals surface area (Å²) in [6.07, 6.45) is 5.15. The molecule has 2 heterocycles. The monoisotopic (exact) mass is 500 g/mol. The van der Waals surface area contributed by atoms with Gasteiger partial charge in [-0.2, -0.15) is 0 Å². The Labute approximate surface area is 187 Å². The number of guanidine groups is 1. The lowest BCUT2D eigenvalue weighted by Gasteiger charge is -2.24. The molecule has 2 saturated heterocycles. The van der Waals surface area contributed by atoms with E-state index in [0.717, 1.165) is 43.7 Å². The number of hydrogen-bond acceptors (Lipinski definition) is 3. The van der Waals surface area contributed by atoms with Gasteiger partial charge in [-0.3, -0.25) is 4.99 Å². The van der Waals surface area contributed by atoms with Gasteiger partial charge in [-0.15, -0.1) is 24.0 Å². The van der Waals surface area contributed by atoms with Gasteiger partial charge < -0.3 is 19.9 Å². The molecule has 0 radical (unpaired) electrons. The minimum Gasteiger partial charge on any atom is -0.497 e. The minimum atomic E-state index is 0. The van der Waals surface area contributed by atoms with Gasteiger partial charge in [0.25, 0.3) is 0 Å². The summed E-state index contributed by atoms with van der Waals surface area (Å²) in [5.41, 5.74) is 1.36. The van der Waals surface area contributed by atoms with E-state index in [1.54, 1.807) is 7.11 Å². The Morgan fingerprint density at radius 3 is 2.57 bits per heavy atom. The van der Waals surface area contributed by atoms with Crippen LogP contribution in [-0.2, 0) is 0 Å². The lowest BCUT2D eigenvalue weighted by atomic mass is 9.98. The Hall–Kier alpha value is -1.02. The molecular formula is C22H37IN4O. The van der Waals surface area contributed by atoms with Crippen LogP contribution in [0.3, 0.4) is 0 Å². The van der Waals surface area contributed by atoms with E-state index < -0.39 is 0 Å². The molecule has 3 rings (SSSR count). The van der Waals surface area contributed by atoms with Crippen molar-refractivity contribution < 1.29 is 4.74 Å². The van der Waals surface area contributed by atoms with Crippen LogP contribution >= 0.6 is 24.0 Å². The van der Waals surface area contributed by atoms with Gasteiger partial charge in [-0.05, 0) is 68.3 Å². The fourth-order valence-corrected chi connectivity index (χ4v) is 4.34. The third kappa shape index (κ3) is 6.51. The van der Waals surface area contributed by atoms with Crippen LogP contribution in [0.1, 0.15) is 44.1 Å². The highest BCUT2D eigenvalue weighted by molar-refractivity contribution is 14.0. The summed E-state index contributed by atoms with van der Waals surface area (Å²) in [6.45, 7) is 9.37. The molecule has 6 heteroatoms. The first-order chi connectivity index (χ1) is 13.2. The summed E-state index contributed by atoms with van der Waals surface area (Å²) < 4.78 is 5.25. The maximum Gasteiger partial charge on any atom is 0.193 e. The Morgan fingerprint density at radius 2 is 1.93 bits per heavy atom. The topological polar surface area (TPSA) is 40.1 Å². The van der Waals surface area contributed by atoms with Gasteiger partial charge in [0.2, 0.25) is 0 Å². The molecule has 2 aliphatic heterocycles. The predicted octanol–water partition coefficient (Wildman–Crippen LogP) is 3.80. The molecule has 2 atom stereocenters. The molecule has 0 bridgehead atoms. The highest BCUT2D eigenvalue weighted by Crippen LogP contribution is 2.22. The molecule has 5 nitrogen and oxygen atoms in total. The number of hydrogen-bond donors (Lipinski definition) is 1. The minimum absolute atomic E-state index is 0. The van der Waals surface area contributed by atoms with Crippen molar-refractivity contribution in [1.29, 1.82) is 0 Å². The Morgan fingerprint density at radius 1 is 1.21 bits per heavy atom. The number of ether oxygens (including phenoxy) is 1. The van der Waals surface area contributed by atoms with Crippen LogP contribution in [0, 0.1) is 5.92 Å². The number of nitrogens with zero attached hydrogens (tertiary/aromatic N) is 3. The van der Waals surface area contributed by atoms with Crippen molar-refractivity contribution in [2.24, 2.45) is 10.9 Å². The molecule has 1 aromatic rings. The maximum atomic E-state index is 5.25. The normalized spacial score (nSPS) is 21.5. The second-order valence-corrected chi connectivity index (χ2v) is 8.05. The van der Waals surface area contributed by atoms with Crippen LogP contribution in [0.25, 0.3) is 0 Å². The molecule has 28 heavy (non-hydrogen) atoms. The van der Waals surface area contributed by atoms with Gasteiger partial charge in [0.15, 0.2) is 5.96 Å². The molecule has 0 spiro atoms.